The summed E-state index contributed by atoms with van der Waals surface area (Å²) in [5.41, 5.74) is 7.63. The quantitative estimate of drug-likeness (QED) is 0.872. The molecule has 0 aliphatic heterocycles. The minimum Gasteiger partial charge on any atom is -0.478 e. The summed E-state index contributed by atoms with van der Waals surface area (Å²) in [4.78, 5) is 11.8. The van der Waals surface area contributed by atoms with Crippen LogP contribution in [0.15, 0.2) is 24.3 Å². The molecule has 1 unspecified atom stereocenters. The van der Waals surface area contributed by atoms with Crippen LogP contribution in [0.1, 0.15) is 38.9 Å². The van der Waals surface area contributed by atoms with Gasteiger partial charge < -0.3 is 9.84 Å². The molecule has 2 aromatic carbocycles. The number of aryl methyl sites for hydroxylation is 5. The fourth-order valence-corrected chi connectivity index (χ4v) is 3.17. The van der Waals surface area contributed by atoms with Crippen molar-refractivity contribution in [1.82, 2.24) is 0 Å². The van der Waals surface area contributed by atoms with Gasteiger partial charge in [-0.15, -0.1) is 0 Å². The summed E-state index contributed by atoms with van der Waals surface area (Å²) in [5.74, 6) is -0.282. The summed E-state index contributed by atoms with van der Waals surface area (Å²) >= 11 is 0. The molecule has 0 radical (unpaired) electrons. The highest BCUT2D eigenvalue weighted by atomic mass is 16.5. The number of hydrogen-bond donors (Lipinski definition) is 1. The molecule has 1 N–H and O–H groups in total. The van der Waals surface area contributed by atoms with E-state index in [9.17, 15) is 9.90 Å². The Balaban J connectivity index is 2.34. The molecule has 0 aliphatic carbocycles. The van der Waals surface area contributed by atoms with E-state index < -0.39 is 12.1 Å². The van der Waals surface area contributed by atoms with Crippen LogP contribution in [-0.2, 0) is 11.2 Å². The first-order valence-corrected chi connectivity index (χ1v) is 8.23. The molecular weight excluding hydrogens is 300 g/mol. The van der Waals surface area contributed by atoms with Gasteiger partial charge in [0.25, 0.3) is 0 Å². The van der Waals surface area contributed by atoms with E-state index in [1.54, 1.807) is 0 Å². The van der Waals surface area contributed by atoms with E-state index in [0.29, 0.717) is 12.2 Å². The van der Waals surface area contributed by atoms with Crippen molar-refractivity contribution in [2.45, 2.75) is 54.1 Å². The number of rotatable bonds is 5. The van der Waals surface area contributed by atoms with Crippen LogP contribution in [0.5, 0.6) is 5.75 Å². The molecule has 1 atom stereocenters. The Labute approximate surface area is 144 Å². The van der Waals surface area contributed by atoms with Gasteiger partial charge in [-0.25, -0.2) is 4.79 Å². The predicted octanol–water partition coefficient (Wildman–Crippen LogP) is 4.61. The molecule has 2 aromatic rings. The van der Waals surface area contributed by atoms with Crippen LogP contribution in [0.2, 0.25) is 0 Å². The molecule has 0 saturated carbocycles. The molecule has 3 nitrogen and oxygen atoms in total. The van der Waals surface area contributed by atoms with Crippen molar-refractivity contribution in [1.29, 1.82) is 0 Å². The number of benzene rings is 2. The molecule has 2 rings (SSSR count). The summed E-state index contributed by atoms with van der Waals surface area (Å²) in [7, 11) is 0. The van der Waals surface area contributed by atoms with E-state index in [1.807, 2.05) is 47.6 Å². The maximum absolute atomic E-state index is 11.8. The van der Waals surface area contributed by atoms with Gasteiger partial charge in [-0.05, 0) is 81.0 Å². The van der Waals surface area contributed by atoms with Crippen molar-refractivity contribution < 1.29 is 14.6 Å². The van der Waals surface area contributed by atoms with Crippen LogP contribution < -0.4 is 4.74 Å². The Morgan fingerprint density at radius 1 is 0.917 bits per heavy atom. The summed E-state index contributed by atoms with van der Waals surface area (Å²) in [6, 6.07) is 8.16. The zero-order chi connectivity index (χ0) is 18.0. The van der Waals surface area contributed by atoms with Crippen molar-refractivity contribution in [3.8, 4) is 5.75 Å². The van der Waals surface area contributed by atoms with Crippen molar-refractivity contribution in [3.05, 3.63) is 63.2 Å². The number of aliphatic carboxylic acids is 1. The summed E-state index contributed by atoms with van der Waals surface area (Å²) in [6.07, 6.45) is -0.537. The summed E-state index contributed by atoms with van der Waals surface area (Å²) in [6.45, 7) is 12.1. The lowest BCUT2D eigenvalue weighted by Crippen LogP contribution is -2.30. The first-order valence-electron chi connectivity index (χ1n) is 8.23. The molecule has 128 valence electrons. The van der Waals surface area contributed by atoms with E-state index in [-0.39, 0.29) is 0 Å². The molecule has 3 heteroatoms. The van der Waals surface area contributed by atoms with Crippen LogP contribution >= 0.6 is 0 Å². The Kier molecular flexibility index (Phi) is 5.33. The lowest BCUT2D eigenvalue weighted by Gasteiger charge is -2.20. The van der Waals surface area contributed by atoms with Crippen LogP contribution in [0, 0.1) is 41.5 Å². The predicted molar refractivity (Wildman–Crippen MR) is 97.1 cm³/mol. The first kappa shape index (κ1) is 18.1. The molecule has 0 amide bonds. The molecule has 0 heterocycles. The molecular formula is C21H26O3. The number of carboxylic acids is 1. The van der Waals surface area contributed by atoms with Crippen molar-refractivity contribution in [2.24, 2.45) is 0 Å². The fraction of sp³-hybridized carbons (Fsp3) is 0.381. The number of carboxylic acid groups (broad SMARTS) is 1. The van der Waals surface area contributed by atoms with Gasteiger partial charge in [0.2, 0.25) is 0 Å². The number of carbonyl (C=O) groups is 1. The van der Waals surface area contributed by atoms with E-state index in [1.165, 1.54) is 5.56 Å². The van der Waals surface area contributed by atoms with Gasteiger partial charge in [-0.2, -0.15) is 0 Å². The molecule has 0 aromatic heterocycles. The minimum absolute atomic E-state index is 0.361. The van der Waals surface area contributed by atoms with Gasteiger partial charge in [-0.3, -0.25) is 0 Å². The first-order chi connectivity index (χ1) is 11.2. The highest BCUT2D eigenvalue weighted by molar-refractivity contribution is 5.73. The monoisotopic (exact) mass is 326 g/mol. The highest BCUT2D eigenvalue weighted by Gasteiger charge is 2.23. The second-order valence-corrected chi connectivity index (χ2v) is 6.73. The van der Waals surface area contributed by atoms with Gasteiger partial charge >= 0.3 is 5.97 Å². The normalized spacial score (nSPS) is 12.1. The smallest absolute Gasteiger partial charge is 0.345 e. The van der Waals surface area contributed by atoms with E-state index in [2.05, 4.69) is 18.2 Å². The fourth-order valence-electron chi connectivity index (χ4n) is 3.17. The van der Waals surface area contributed by atoms with E-state index >= 15 is 0 Å². The Morgan fingerprint density at radius 2 is 1.42 bits per heavy atom. The molecule has 0 fully saturated rings. The van der Waals surface area contributed by atoms with Crippen molar-refractivity contribution >= 4 is 5.97 Å². The van der Waals surface area contributed by atoms with Crippen LogP contribution in [0.4, 0.5) is 0 Å². The third-order valence-electron chi connectivity index (χ3n) is 4.54. The SMILES string of the molecule is Cc1cc(C)c(CC(Oc2cc(C)cc(C)c2C)C(=O)O)c(C)c1. The highest BCUT2D eigenvalue weighted by Crippen LogP contribution is 2.26. The van der Waals surface area contributed by atoms with Gasteiger partial charge in [0.1, 0.15) is 5.75 Å². The standard InChI is InChI=1S/C21H26O3/c1-12-8-15(4)18(16(5)9-12)11-20(21(22)23)24-19-10-13(2)7-14(3)17(19)6/h7-10,20H,11H2,1-6H3,(H,22,23). The zero-order valence-corrected chi connectivity index (χ0v) is 15.4. The van der Waals surface area contributed by atoms with Gasteiger partial charge in [-0.1, -0.05) is 23.8 Å². The average molecular weight is 326 g/mol. The van der Waals surface area contributed by atoms with Crippen LogP contribution in [-0.4, -0.2) is 17.2 Å². The van der Waals surface area contributed by atoms with E-state index in [0.717, 1.165) is 33.4 Å². The third-order valence-corrected chi connectivity index (χ3v) is 4.54. The van der Waals surface area contributed by atoms with Crippen LogP contribution in [0.25, 0.3) is 0 Å². The number of ether oxygens (including phenoxy) is 1. The second kappa shape index (κ2) is 7.08. The van der Waals surface area contributed by atoms with Gasteiger partial charge in [0.15, 0.2) is 6.10 Å². The lowest BCUT2D eigenvalue weighted by molar-refractivity contribution is -0.145. The Bertz CT molecular complexity index is 752. The number of hydrogen-bond acceptors (Lipinski definition) is 2. The van der Waals surface area contributed by atoms with Crippen LogP contribution in [0.3, 0.4) is 0 Å². The molecule has 0 bridgehead atoms. The second-order valence-electron chi connectivity index (χ2n) is 6.73. The Hall–Kier alpha value is -2.29. The minimum atomic E-state index is -0.937. The summed E-state index contributed by atoms with van der Waals surface area (Å²) < 4.78 is 5.91. The molecule has 0 saturated heterocycles. The van der Waals surface area contributed by atoms with Gasteiger partial charge in [0, 0.05) is 6.42 Å². The maximum atomic E-state index is 11.8. The molecule has 24 heavy (non-hydrogen) atoms. The lowest BCUT2D eigenvalue weighted by atomic mass is 9.95. The Morgan fingerprint density at radius 3 is 1.96 bits per heavy atom. The molecule has 0 spiro atoms. The molecule has 0 aliphatic rings. The van der Waals surface area contributed by atoms with E-state index in [4.69, 9.17) is 4.74 Å². The zero-order valence-electron chi connectivity index (χ0n) is 15.4. The van der Waals surface area contributed by atoms with Crippen molar-refractivity contribution in [2.75, 3.05) is 0 Å². The largest absolute Gasteiger partial charge is 0.478 e. The maximum Gasteiger partial charge on any atom is 0.345 e. The third kappa shape index (κ3) is 3.97. The topological polar surface area (TPSA) is 46.5 Å². The average Bonchev–Trinajstić information content (AvgIpc) is 2.45. The summed E-state index contributed by atoms with van der Waals surface area (Å²) in [5, 5.41) is 9.64. The van der Waals surface area contributed by atoms with Crippen molar-refractivity contribution in [3.63, 3.8) is 0 Å². The van der Waals surface area contributed by atoms with Gasteiger partial charge in [0.05, 0.1) is 0 Å².